The highest BCUT2D eigenvalue weighted by molar-refractivity contribution is 9.10. The SMILES string of the molecule is COc1cc(CNC2CCCCCCC2)cc(Br)c1OCC(O)c1ccc2c(c1)OCO2. The minimum Gasteiger partial charge on any atom is -0.493 e. The molecule has 1 aliphatic heterocycles. The van der Waals surface area contributed by atoms with E-state index < -0.39 is 6.10 Å². The minimum absolute atomic E-state index is 0.0915. The molecule has 1 saturated carbocycles. The van der Waals surface area contributed by atoms with Crippen molar-refractivity contribution in [1.82, 2.24) is 5.32 Å². The first-order valence-electron chi connectivity index (χ1n) is 11.4. The molecule has 2 aromatic carbocycles. The van der Waals surface area contributed by atoms with Gasteiger partial charge in [-0.15, -0.1) is 0 Å². The van der Waals surface area contributed by atoms with Gasteiger partial charge in [0, 0.05) is 12.6 Å². The fraction of sp³-hybridized carbons (Fsp3) is 0.520. The summed E-state index contributed by atoms with van der Waals surface area (Å²) in [5.41, 5.74) is 1.85. The summed E-state index contributed by atoms with van der Waals surface area (Å²) in [6, 6.07) is 10.0. The van der Waals surface area contributed by atoms with Crippen LogP contribution in [0.2, 0.25) is 0 Å². The predicted molar refractivity (Wildman–Crippen MR) is 127 cm³/mol. The lowest BCUT2D eigenvalue weighted by molar-refractivity contribution is 0.105. The number of fused-ring (bicyclic) bond motifs is 1. The summed E-state index contributed by atoms with van der Waals surface area (Å²) in [7, 11) is 1.63. The Balaban J connectivity index is 1.37. The molecule has 0 aromatic heterocycles. The molecule has 7 heteroatoms. The van der Waals surface area contributed by atoms with E-state index in [2.05, 4.69) is 27.3 Å². The van der Waals surface area contributed by atoms with E-state index in [0.717, 1.165) is 16.6 Å². The van der Waals surface area contributed by atoms with Gasteiger partial charge in [0.2, 0.25) is 6.79 Å². The topological polar surface area (TPSA) is 69.2 Å². The maximum atomic E-state index is 10.6. The molecule has 1 heterocycles. The molecule has 32 heavy (non-hydrogen) atoms. The molecule has 4 rings (SSSR count). The highest BCUT2D eigenvalue weighted by Crippen LogP contribution is 2.38. The molecule has 1 aliphatic carbocycles. The zero-order valence-corrected chi connectivity index (χ0v) is 20.2. The molecule has 6 nitrogen and oxygen atoms in total. The second kappa shape index (κ2) is 11.3. The van der Waals surface area contributed by atoms with Gasteiger partial charge in [0.1, 0.15) is 12.7 Å². The summed E-state index contributed by atoms with van der Waals surface area (Å²) in [5, 5.41) is 14.3. The van der Waals surface area contributed by atoms with Crippen molar-refractivity contribution < 1.29 is 24.1 Å². The minimum atomic E-state index is -0.804. The molecule has 1 fully saturated rings. The van der Waals surface area contributed by atoms with E-state index in [1.165, 1.54) is 44.9 Å². The number of aliphatic hydroxyl groups is 1. The van der Waals surface area contributed by atoms with Crippen molar-refractivity contribution in [3.05, 3.63) is 45.9 Å². The van der Waals surface area contributed by atoms with Gasteiger partial charge >= 0.3 is 0 Å². The van der Waals surface area contributed by atoms with Crippen LogP contribution in [0, 0.1) is 0 Å². The average molecular weight is 506 g/mol. The van der Waals surface area contributed by atoms with Crippen molar-refractivity contribution in [2.24, 2.45) is 0 Å². The van der Waals surface area contributed by atoms with E-state index in [-0.39, 0.29) is 13.4 Å². The number of rotatable bonds is 8. The van der Waals surface area contributed by atoms with E-state index >= 15 is 0 Å². The lowest BCUT2D eigenvalue weighted by Gasteiger charge is -2.22. The summed E-state index contributed by atoms with van der Waals surface area (Å²) in [4.78, 5) is 0. The number of ether oxygens (including phenoxy) is 4. The Morgan fingerprint density at radius 2 is 1.81 bits per heavy atom. The lowest BCUT2D eigenvalue weighted by atomic mass is 9.96. The smallest absolute Gasteiger partial charge is 0.231 e. The van der Waals surface area contributed by atoms with Gasteiger partial charge in [-0.3, -0.25) is 0 Å². The van der Waals surface area contributed by atoms with Crippen molar-refractivity contribution in [3.8, 4) is 23.0 Å². The Bertz CT molecular complexity index is 898. The number of benzene rings is 2. The second-order valence-electron chi connectivity index (χ2n) is 8.47. The van der Waals surface area contributed by atoms with Gasteiger partial charge in [0.05, 0.1) is 11.6 Å². The molecule has 2 aliphatic rings. The Hall–Kier alpha value is -1.96. The normalized spacial score (nSPS) is 17.5. The predicted octanol–water partition coefficient (Wildman–Crippen LogP) is 5.50. The van der Waals surface area contributed by atoms with Crippen LogP contribution in [0.3, 0.4) is 0 Å². The summed E-state index contributed by atoms with van der Waals surface area (Å²) in [6.45, 7) is 1.09. The standard InChI is InChI=1S/C25H32BrNO5/c1-29-24-12-17(14-27-19-7-5-3-2-4-6-8-19)11-20(26)25(24)30-15-21(28)18-9-10-22-23(13-18)32-16-31-22/h9-13,19,21,27-28H,2-8,14-16H2,1H3. The molecule has 1 unspecified atom stereocenters. The van der Waals surface area contributed by atoms with Gasteiger partial charge < -0.3 is 29.4 Å². The van der Waals surface area contributed by atoms with Crippen LogP contribution in [0.5, 0.6) is 23.0 Å². The first-order chi connectivity index (χ1) is 15.6. The summed E-state index contributed by atoms with van der Waals surface area (Å²) < 4.78 is 23.1. The summed E-state index contributed by atoms with van der Waals surface area (Å²) >= 11 is 3.62. The maximum absolute atomic E-state index is 10.6. The van der Waals surface area contributed by atoms with Crippen LogP contribution in [0.25, 0.3) is 0 Å². The van der Waals surface area contributed by atoms with Crippen LogP contribution >= 0.6 is 15.9 Å². The third kappa shape index (κ3) is 5.88. The van der Waals surface area contributed by atoms with Crippen molar-refractivity contribution in [3.63, 3.8) is 0 Å². The molecule has 0 radical (unpaired) electrons. The third-order valence-electron chi connectivity index (χ3n) is 6.16. The maximum Gasteiger partial charge on any atom is 0.231 e. The summed E-state index contributed by atoms with van der Waals surface area (Å²) in [6.07, 6.45) is 8.38. The van der Waals surface area contributed by atoms with Gasteiger partial charge in [0.15, 0.2) is 23.0 Å². The molecular formula is C25H32BrNO5. The van der Waals surface area contributed by atoms with Crippen LogP contribution in [0.15, 0.2) is 34.8 Å². The van der Waals surface area contributed by atoms with Crippen molar-refractivity contribution in [1.29, 1.82) is 0 Å². The van der Waals surface area contributed by atoms with Crippen molar-refractivity contribution in [2.75, 3.05) is 20.5 Å². The molecule has 2 aromatic rings. The number of nitrogens with one attached hydrogen (secondary N) is 1. The number of hydrogen-bond donors (Lipinski definition) is 2. The van der Waals surface area contributed by atoms with Crippen LogP contribution < -0.4 is 24.3 Å². The number of aliphatic hydroxyl groups excluding tert-OH is 1. The van der Waals surface area contributed by atoms with E-state index in [1.54, 1.807) is 19.2 Å². The van der Waals surface area contributed by atoms with Crippen LogP contribution in [-0.4, -0.2) is 31.7 Å². The Kier molecular flexibility index (Phi) is 8.16. The van der Waals surface area contributed by atoms with Gasteiger partial charge in [-0.1, -0.05) is 38.2 Å². The largest absolute Gasteiger partial charge is 0.493 e. The highest BCUT2D eigenvalue weighted by atomic mass is 79.9. The van der Waals surface area contributed by atoms with Gasteiger partial charge in [-0.05, 0) is 64.2 Å². The first kappa shape index (κ1) is 23.2. The molecule has 0 bridgehead atoms. The van der Waals surface area contributed by atoms with E-state index in [9.17, 15) is 5.11 Å². The fourth-order valence-corrected chi connectivity index (χ4v) is 4.92. The molecule has 0 saturated heterocycles. The van der Waals surface area contributed by atoms with Gasteiger partial charge in [-0.2, -0.15) is 0 Å². The number of halogens is 1. The highest BCUT2D eigenvalue weighted by Gasteiger charge is 2.19. The Morgan fingerprint density at radius 3 is 2.59 bits per heavy atom. The molecule has 1 atom stereocenters. The van der Waals surface area contributed by atoms with E-state index in [1.807, 2.05) is 12.1 Å². The second-order valence-corrected chi connectivity index (χ2v) is 9.33. The number of methoxy groups -OCH3 is 1. The molecule has 174 valence electrons. The van der Waals surface area contributed by atoms with Crippen LogP contribution in [-0.2, 0) is 6.54 Å². The Morgan fingerprint density at radius 1 is 1.06 bits per heavy atom. The number of hydrogen-bond acceptors (Lipinski definition) is 6. The van der Waals surface area contributed by atoms with Crippen molar-refractivity contribution in [2.45, 2.75) is 63.6 Å². The quantitative estimate of drug-likeness (QED) is 0.493. The fourth-order valence-electron chi connectivity index (χ4n) is 4.32. The van der Waals surface area contributed by atoms with Crippen molar-refractivity contribution >= 4 is 15.9 Å². The van der Waals surface area contributed by atoms with Gasteiger partial charge in [0.25, 0.3) is 0 Å². The van der Waals surface area contributed by atoms with E-state index in [0.29, 0.717) is 34.6 Å². The zero-order chi connectivity index (χ0) is 22.3. The van der Waals surface area contributed by atoms with Crippen LogP contribution in [0.4, 0.5) is 0 Å². The molecular weight excluding hydrogens is 474 g/mol. The van der Waals surface area contributed by atoms with E-state index in [4.69, 9.17) is 18.9 Å². The molecule has 0 spiro atoms. The first-order valence-corrected chi connectivity index (χ1v) is 12.2. The zero-order valence-electron chi connectivity index (χ0n) is 18.6. The van der Waals surface area contributed by atoms with Crippen LogP contribution in [0.1, 0.15) is 62.2 Å². The van der Waals surface area contributed by atoms with Gasteiger partial charge in [-0.25, -0.2) is 0 Å². The third-order valence-corrected chi connectivity index (χ3v) is 6.75. The summed E-state index contributed by atoms with van der Waals surface area (Å²) in [5.74, 6) is 2.56. The monoisotopic (exact) mass is 505 g/mol. The lowest BCUT2D eigenvalue weighted by Crippen LogP contribution is -2.29. The Labute approximate surface area is 198 Å². The average Bonchev–Trinajstić information content (AvgIpc) is 3.25. The molecule has 2 N–H and O–H groups in total. The molecule has 0 amide bonds.